The van der Waals surface area contributed by atoms with E-state index in [4.69, 9.17) is 5.73 Å². The minimum atomic E-state index is -0.140. The van der Waals surface area contributed by atoms with Gasteiger partial charge in [0, 0.05) is 29.4 Å². The third-order valence-corrected chi connectivity index (χ3v) is 5.64. The summed E-state index contributed by atoms with van der Waals surface area (Å²) < 4.78 is 13.4. The van der Waals surface area contributed by atoms with Crippen LogP contribution in [-0.2, 0) is 13.0 Å². The molecule has 0 aromatic heterocycles. The Morgan fingerprint density at radius 1 is 1.17 bits per heavy atom. The molecular weight excluding hydrogens is 307 g/mol. The Kier molecular flexibility index (Phi) is 4.53. The summed E-state index contributed by atoms with van der Waals surface area (Å²) in [6.07, 6.45) is 0.881. The van der Waals surface area contributed by atoms with Crippen molar-refractivity contribution >= 4 is 23.1 Å². The fourth-order valence-electron chi connectivity index (χ4n) is 3.22. The van der Waals surface area contributed by atoms with Crippen molar-refractivity contribution < 1.29 is 4.39 Å². The number of hydrogen-bond acceptors (Lipinski definition) is 3. The summed E-state index contributed by atoms with van der Waals surface area (Å²) in [6, 6.07) is 7.37. The van der Waals surface area contributed by atoms with Gasteiger partial charge in [0.25, 0.3) is 0 Å². The molecule has 2 N–H and O–H groups in total. The summed E-state index contributed by atoms with van der Waals surface area (Å²) in [5.41, 5.74) is 13.2. The van der Waals surface area contributed by atoms with Crippen molar-refractivity contribution in [1.82, 2.24) is 0 Å². The van der Waals surface area contributed by atoms with Crippen LogP contribution in [0.15, 0.2) is 29.2 Å². The molecule has 0 fully saturated rings. The molecule has 4 heteroatoms. The zero-order valence-electron chi connectivity index (χ0n) is 13.9. The summed E-state index contributed by atoms with van der Waals surface area (Å²) in [6.45, 7) is 8.13. The molecule has 0 unspecified atom stereocenters. The number of thioether (sulfide) groups is 1. The highest BCUT2D eigenvalue weighted by Gasteiger charge is 2.20. The first kappa shape index (κ1) is 16.2. The largest absolute Gasteiger partial charge is 0.398 e. The van der Waals surface area contributed by atoms with Crippen LogP contribution < -0.4 is 10.6 Å². The molecule has 3 rings (SSSR count). The van der Waals surface area contributed by atoms with E-state index < -0.39 is 0 Å². The van der Waals surface area contributed by atoms with Gasteiger partial charge in [-0.15, -0.1) is 11.8 Å². The number of rotatable bonds is 3. The molecule has 122 valence electrons. The van der Waals surface area contributed by atoms with E-state index in [9.17, 15) is 4.39 Å². The quantitative estimate of drug-likeness (QED) is 0.653. The molecule has 2 aromatic rings. The van der Waals surface area contributed by atoms with Gasteiger partial charge in [0.2, 0.25) is 0 Å². The van der Waals surface area contributed by atoms with E-state index in [-0.39, 0.29) is 5.82 Å². The van der Waals surface area contributed by atoms with Crippen LogP contribution in [-0.4, -0.2) is 12.3 Å². The van der Waals surface area contributed by atoms with Crippen molar-refractivity contribution in [3.8, 4) is 0 Å². The second kappa shape index (κ2) is 6.44. The molecule has 0 saturated heterocycles. The lowest BCUT2D eigenvalue weighted by Crippen LogP contribution is -2.31. The van der Waals surface area contributed by atoms with Gasteiger partial charge in [0.15, 0.2) is 0 Å². The first-order chi connectivity index (χ1) is 11.0. The second-order valence-corrected chi connectivity index (χ2v) is 7.38. The second-order valence-electron chi connectivity index (χ2n) is 6.08. The molecule has 23 heavy (non-hydrogen) atoms. The third kappa shape index (κ3) is 3.05. The average molecular weight is 330 g/mol. The first-order valence-corrected chi connectivity index (χ1v) is 9.04. The van der Waals surface area contributed by atoms with Crippen LogP contribution in [0, 0.1) is 19.7 Å². The molecule has 0 bridgehead atoms. The number of nitrogens with zero attached hydrogens (tertiary/aromatic N) is 1. The zero-order chi connectivity index (χ0) is 16.6. The van der Waals surface area contributed by atoms with Crippen LogP contribution in [0.25, 0.3) is 0 Å². The number of anilines is 2. The monoisotopic (exact) mass is 330 g/mol. The number of hydrogen-bond donors (Lipinski definition) is 1. The van der Waals surface area contributed by atoms with E-state index in [0.29, 0.717) is 0 Å². The van der Waals surface area contributed by atoms with Crippen LogP contribution in [0.2, 0.25) is 0 Å². The summed E-state index contributed by atoms with van der Waals surface area (Å²) in [5.74, 6) is 0.868. The Labute approximate surface area is 141 Å². The van der Waals surface area contributed by atoms with Crippen LogP contribution >= 0.6 is 11.8 Å². The fraction of sp³-hybridized carbons (Fsp3) is 0.368. The van der Waals surface area contributed by atoms with Gasteiger partial charge < -0.3 is 10.6 Å². The molecule has 0 saturated carbocycles. The smallest absolute Gasteiger partial charge is 0.123 e. The number of nitrogen functional groups attached to an aromatic ring is 1. The molecular formula is C19H23FN2S. The van der Waals surface area contributed by atoms with Crippen molar-refractivity contribution in [2.75, 3.05) is 22.9 Å². The summed E-state index contributed by atoms with van der Waals surface area (Å²) in [5, 5.41) is 0. The molecule has 0 aliphatic carbocycles. The molecule has 2 nitrogen and oxygen atoms in total. The van der Waals surface area contributed by atoms with E-state index in [1.54, 1.807) is 23.9 Å². The molecule has 2 aromatic carbocycles. The fourth-order valence-corrected chi connectivity index (χ4v) is 4.03. The Bertz CT molecular complexity index is 743. The maximum absolute atomic E-state index is 13.4. The minimum absolute atomic E-state index is 0.140. The SMILES string of the molecule is CCSc1cc(N2CCc3cc(F)ccc3C2)c(C)c(C)c1N. The van der Waals surface area contributed by atoms with Gasteiger partial charge >= 0.3 is 0 Å². The van der Waals surface area contributed by atoms with Crippen LogP contribution in [0.3, 0.4) is 0 Å². The Hall–Kier alpha value is -1.68. The predicted octanol–water partition coefficient (Wildman–Crippen LogP) is 4.70. The lowest BCUT2D eigenvalue weighted by Gasteiger charge is -2.33. The van der Waals surface area contributed by atoms with Crippen LogP contribution in [0.4, 0.5) is 15.8 Å². The van der Waals surface area contributed by atoms with Crippen molar-refractivity contribution in [3.63, 3.8) is 0 Å². The normalized spacial score (nSPS) is 14.0. The number of fused-ring (bicyclic) bond motifs is 1. The van der Waals surface area contributed by atoms with Crippen LogP contribution in [0.1, 0.15) is 29.2 Å². The summed E-state index contributed by atoms with van der Waals surface area (Å²) in [4.78, 5) is 3.55. The number of nitrogens with two attached hydrogens (primary N) is 1. The lowest BCUT2D eigenvalue weighted by atomic mass is 9.97. The van der Waals surface area contributed by atoms with E-state index in [2.05, 4.69) is 31.7 Å². The minimum Gasteiger partial charge on any atom is -0.398 e. The van der Waals surface area contributed by atoms with Crippen molar-refractivity contribution in [2.45, 2.75) is 38.6 Å². The van der Waals surface area contributed by atoms with Crippen LogP contribution in [0.5, 0.6) is 0 Å². The number of benzene rings is 2. The van der Waals surface area contributed by atoms with Crippen molar-refractivity contribution in [1.29, 1.82) is 0 Å². The average Bonchev–Trinajstić information content (AvgIpc) is 2.55. The Morgan fingerprint density at radius 3 is 2.70 bits per heavy atom. The molecule has 0 amide bonds. The van der Waals surface area contributed by atoms with Gasteiger partial charge in [-0.2, -0.15) is 0 Å². The van der Waals surface area contributed by atoms with E-state index in [0.717, 1.165) is 41.4 Å². The molecule has 1 aliphatic rings. The van der Waals surface area contributed by atoms with E-state index >= 15 is 0 Å². The summed E-state index contributed by atoms with van der Waals surface area (Å²) in [7, 11) is 0. The zero-order valence-corrected chi connectivity index (χ0v) is 14.8. The summed E-state index contributed by atoms with van der Waals surface area (Å²) >= 11 is 1.79. The van der Waals surface area contributed by atoms with Gasteiger partial charge in [-0.3, -0.25) is 0 Å². The van der Waals surface area contributed by atoms with Crippen molar-refractivity contribution in [2.24, 2.45) is 0 Å². The lowest BCUT2D eigenvalue weighted by molar-refractivity contribution is 0.619. The molecule has 0 atom stereocenters. The first-order valence-electron chi connectivity index (χ1n) is 8.06. The molecule has 1 aliphatic heterocycles. The maximum Gasteiger partial charge on any atom is 0.123 e. The highest BCUT2D eigenvalue weighted by Crippen LogP contribution is 2.37. The molecule has 0 radical (unpaired) electrons. The van der Waals surface area contributed by atoms with Gasteiger partial charge in [-0.05, 0) is 66.5 Å². The van der Waals surface area contributed by atoms with E-state index in [1.165, 1.54) is 22.4 Å². The van der Waals surface area contributed by atoms with Crippen molar-refractivity contribution in [3.05, 3.63) is 52.3 Å². The Morgan fingerprint density at radius 2 is 1.96 bits per heavy atom. The standard InChI is InChI=1S/C19H23FN2S/c1-4-23-18-10-17(12(2)13(3)19(18)21)22-8-7-14-9-16(20)6-5-15(14)11-22/h5-6,9-10H,4,7-8,11,21H2,1-3H3. The Balaban J connectivity index is 1.98. The highest BCUT2D eigenvalue weighted by molar-refractivity contribution is 7.99. The van der Waals surface area contributed by atoms with Gasteiger partial charge in [0.1, 0.15) is 5.82 Å². The van der Waals surface area contributed by atoms with Gasteiger partial charge in [-0.25, -0.2) is 4.39 Å². The highest BCUT2D eigenvalue weighted by atomic mass is 32.2. The number of halogens is 1. The van der Waals surface area contributed by atoms with Gasteiger partial charge in [-0.1, -0.05) is 13.0 Å². The molecule has 1 heterocycles. The topological polar surface area (TPSA) is 29.3 Å². The van der Waals surface area contributed by atoms with Gasteiger partial charge in [0.05, 0.1) is 0 Å². The predicted molar refractivity (Wildman–Crippen MR) is 97.9 cm³/mol. The maximum atomic E-state index is 13.4. The third-order valence-electron chi connectivity index (χ3n) is 4.71. The van der Waals surface area contributed by atoms with E-state index in [1.807, 2.05) is 6.07 Å². The molecule has 0 spiro atoms.